The zero-order chi connectivity index (χ0) is 19.2. The van der Waals surface area contributed by atoms with E-state index in [4.69, 9.17) is 9.47 Å². The molecule has 0 spiro atoms. The van der Waals surface area contributed by atoms with E-state index in [1.165, 1.54) is 0 Å². The Morgan fingerprint density at radius 2 is 1.69 bits per heavy atom. The predicted molar refractivity (Wildman–Crippen MR) is 101 cm³/mol. The highest BCUT2D eigenvalue weighted by Gasteiger charge is 2.21. The van der Waals surface area contributed by atoms with Crippen molar-refractivity contribution in [1.29, 1.82) is 0 Å². The highest BCUT2D eigenvalue weighted by molar-refractivity contribution is 5.67. The third-order valence-corrected chi connectivity index (χ3v) is 3.72. The fraction of sp³-hybridized carbons (Fsp3) is 0.381. The van der Waals surface area contributed by atoms with E-state index in [0.717, 1.165) is 5.56 Å². The number of carbonyl (C=O) groups is 1. The summed E-state index contributed by atoms with van der Waals surface area (Å²) in [5, 5.41) is 9.42. The molecule has 1 N–H and O–H groups in total. The van der Waals surface area contributed by atoms with E-state index in [0.29, 0.717) is 18.7 Å². The maximum atomic E-state index is 12.1. The molecule has 2 aromatic rings. The zero-order valence-corrected chi connectivity index (χ0v) is 15.8. The van der Waals surface area contributed by atoms with Crippen LogP contribution in [-0.4, -0.2) is 35.3 Å². The minimum Gasteiger partial charge on any atom is -0.508 e. The Bertz CT molecular complexity index is 692. The number of benzene rings is 2. The molecule has 0 unspecified atom stereocenters. The molecule has 0 aliphatic carbocycles. The monoisotopic (exact) mass is 357 g/mol. The number of phenolic OH excluding ortho intramolecular Hbond substituents is 1. The summed E-state index contributed by atoms with van der Waals surface area (Å²) >= 11 is 0. The summed E-state index contributed by atoms with van der Waals surface area (Å²) in [6.45, 7) is 6.03. The highest BCUT2D eigenvalue weighted by atomic mass is 16.6. The van der Waals surface area contributed by atoms with E-state index in [1.807, 2.05) is 51.1 Å². The number of hydrogen-bond donors (Lipinski definition) is 1. The van der Waals surface area contributed by atoms with Crippen LogP contribution in [-0.2, 0) is 4.74 Å². The Balaban J connectivity index is 2.05. The van der Waals surface area contributed by atoms with E-state index < -0.39 is 5.60 Å². The number of phenols is 1. The topological polar surface area (TPSA) is 59.0 Å². The molecule has 2 aromatic carbocycles. The third-order valence-electron chi connectivity index (χ3n) is 3.72. The van der Waals surface area contributed by atoms with Gasteiger partial charge in [0.05, 0.1) is 0 Å². The first-order valence-corrected chi connectivity index (χ1v) is 8.69. The number of hydrogen-bond acceptors (Lipinski definition) is 4. The van der Waals surface area contributed by atoms with E-state index in [2.05, 4.69) is 0 Å². The van der Waals surface area contributed by atoms with Gasteiger partial charge in [0.15, 0.2) is 0 Å². The second kappa shape index (κ2) is 8.61. The lowest BCUT2D eigenvalue weighted by Crippen LogP contribution is -2.35. The van der Waals surface area contributed by atoms with Gasteiger partial charge >= 0.3 is 6.09 Å². The van der Waals surface area contributed by atoms with Gasteiger partial charge in [-0.1, -0.05) is 30.3 Å². The van der Waals surface area contributed by atoms with Crippen molar-refractivity contribution in [2.24, 2.45) is 0 Å². The Morgan fingerprint density at radius 3 is 2.27 bits per heavy atom. The van der Waals surface area contributed by atoms with Crippen molar-refractivity contribution < 1.29 is 19.4 Å². The fourth-order valence-electron chi connectivity index (χ4n) is 2.39. The van der Waals surface area contributed by atoms with Crippen LogP contribution >= 0.6 is 0 Å². The van der Waals surface area contributed by atoms with Crippen molar-refractivity contribution in [2.75, 3.05) is 13.6 Å². The quantitative estimate of drug-likeness (QED) is 0.809. The molecule has 0 aliphatic heterocycles. The molecule has 1 atom stereocenters. The highest BCUT2D eigenvalue weighted by Crippen LogP contribution is 2.26. The standard InChI is InChI=1S/C21H27NO4/c1-21(2,3)26-20(24)22(4)15-14-19(16-8-6-5-7-9-16)25-18-12-10-17(23)11-13-18/h5-13,19,23H,14-15H2,1-4H3/t19-/m1/s1. The second-order valence-electron chi connectivity index (χ2n) is 7.20. The molecule has 1 amide bonds. The number of aromatic hydroxyl groups is 1. The van der Waals surface area contributed by atoms with Gasteiger partial charge in [-0.05, 0) is 50.6 Å². The molecule has 0 heterocycles. The third kappa shape index (κ3) is 6.31. The molecule has 0 saturated carbocycles. The van der Waals surface area contributed by atoms with E-state index >= 15 is 0 Å². The van der Waals surface area contributed by atoms with Gasteiger partial charge < -0.3 is 19.5 Å². The maximum absolute atomic E-state index is 12.1. The minimum atomic E-state index is -0.521. The number of carbonyl (C=O) groups excluding carboxylic acids is 1. The van der Waals surface area contributed by atoms with Crippen LogP contribution in [0.15, 0.2) is 54.6 Å². The average molecular weight is 357 g/mol. The first-order chi connectivity index (χ1) is 12.2. The van der Waals surface area contributed by atoms with Crippen molar-refractivity contribution in [1.82, 2.24) is 4.90 Å². The number of rotatable bonds is 6. The first kappa shape index (κ1) is 19.6. The van der Waals surface area contributed by atoms with Gasteiger partial charge in [-0.3, -0.25) is 0 Å². The van der Waals surface area contributed by atoms with Gasteiger partial charge in [0.1, 0.15) is 23.2 Å². The van der Waals surface area contributed by atoms with Crippen molar-refractivity contribution in [3.63, 3.8) is 0 Å². The number of ether oxygens (including phenoxy) is 2. The summed E-state index contributed by atoms with van der Waals surface area (Å²) < 4.78 is 11.5. The molecule has 0 aliphatic rings. The van der Waals surface area contributed by atoms with Crippen LogP contribution in [0.4, 0.5) is 4.79 Å². The first-order valence-electron chi connectivity index (χ1n) is 8.69. The van der Waals surface area contributed by atoms with E-state index in [9.17, 15) is 9.90 Å². The Labute approximate surface area is 155 Å². The SMILES string of the molecule is CN(CC[C@@H](Oc1ccc(O)cc1)c1ccccc1)C(=O)OC(C)(C)C. The van der Waals surface area contributed by atoms with Gasteiger partial charge in [-0.15, -0.1) is 0 Å². The molecule has 26 heavy (non-hydrogen) atoms. The van der Waals surface area contributed by atoms with Crippen molar-refractivity contribution in [3.05, 3.63) is 60.2 Å². The van der Waals surface area contributed by atoms with Crippen molar-refractivity contribution >= 4 is 6.09 Å². The Kier molecular flexibility index (Phi) is 6.50. The molecule has 0 bridgehead atoms. The van der Waals surface area contributed by atoms with Crippen LogP contribution in [0.2, 0.25) is 0 Å². The molecule has 0 aromatic heterocycles. The lowest BCUT2D eigenvalue weighted by molar-refractivity contribution is 0.0278. The van der Waals surface area contributed by atoms with Gasteiger partial charge in [0.2, 0.25) is 0 Å². The van der Waals surface area contributed by atoms with Crippen LogP contribution in [0.25, 0.3) is 0 Å². The van der Waals surface area contributed by atoms with Crippen LogP contribution in [0.5, 0.6) is 11.5 Å². The molecule has 0 radical (unpaired) electrons. The summed E-state index contributed by atoms with van der Waals surface area (Å²) in [5.41, 5.74) is 0.505. The lowest BCUT2D eigenvalue weighted by atomic mass is 10.1. The van der Waals surface area contributed by atoms with Gasteiger partial charge in [-0.25, -0.2) is 4.79 Å². The lowest BCUT2D eigenvalue weighted by Gasteiger charge is -2.26. The van der Waals surface area contributed by atoms with E-state index in [1.54, 1.807) is 36.2 Å². The molecule has 5 heteroatoms. The summed E-state index contributed by atoms with van der Waals surface area (Å²) in [6.07, 6.45) is 0.0419. The van der Waals surface area contributed by atoms with Gasteiger partial charge in [0.25, 0.3) is 0 Å². The summed E-state index contributed by atoms with van der Waals surface area (Å²) in [7, 11) is 1.72. The largest absolute Gasteiger partial charge is 0.508 e. The molecule has 2 rings (SSSR count). The number of amides is 1. The van der Waals surface area contributed by atoms with Crippen molar-refractivity contribution in [3.8, 4) is 11.5 Å². The second-order valence-corrected chi connectivity index (χ2v) is 7.20. The van der Waals surface area contributed by atoms with Crippen LogP contribution in [0, 0.1) is 0 Å². The molecule has 0 saturated heterocycles. The Hall–Kier alpha value is -2.69. The number of nitrogens with zero attached hydrogens (tertiary/aromatic N) is 1. The van der Waals surface area contributed by atoms with Gasteiger partial charge in [-0.2, -0.15) is 0 Å². The smallest absolute Gasteiger partial charge is 0.410 e. The van der Waals surface area contributed by atoms with Crippen LogP contribution < -0.4 is 4.74 Å². The summed E-state index contributed by atoms with van der Waals surface area (Å²) in [5.74, 6) is 0.856. The predicted octanol–water partition coefficient (Wildman–Crippen LogP) is 4.77. The zero-order valence-electron chi connectivity index (χ0n) is 15.8. The summed E-state index contributed by atoms with van der Waals surface area (Å²) in [4.78, 5) is 13.7. The maximum Gasteiger partial charge on any atom is 0.410 e. The molecule has 5 nitrogen and oxygen atoms in total. The molecule has 0 fully saturated rings. The molecular formula is C21H27NO4. The van der Waals surface area contributed by atoms with Crippen LogP contribution in [0.1, 0.15) is 38.9 Å². The Morgan fingerprint density at radius 1 is 1.08 bits per heavy atom. The van der Waals surface area contributed by atoms with Gasteiger partial charge in [0, 0.05) is 20.0 Å². The molecule has 140 valence electrons. The van der Waals surface area contributed by atoms with Crippen LogP contribution in [0.3, 0.4) is 0 Å². The normalized spacial score (nSPS) is 12.3. The summed E-state index contributed by atoms with van der Waals surface area (Å²) in [6, 6.07) is 16.5. The fourth-order valence-corrected chi connectivity index (χ4v) is 2.39. The van der Waals surface area contributed by atoms with E-state index in [-0.39, 0.29) is 17.9 Å². The van der Waals surface area contributed by atoms with Crippen molar-refractivity contribution in [2.45, 2.75) is 38.9 Å². The average Bonchev–Trinajstić information content (AvgIpc) is 2.59. The minimum absolute atomic E-state index is 0.193. The molecular weight excluding hydrogens is 330 g/mol.